The standard InChI is InChI=1S/C11H10ClN3O3/c12-8-5-7(1-2-9(8)16)11(17)13-4-3-10-14-6-18-15-10/h1-2,5-6,16H,3-4H2,(H,13,17). The van der Waals surface area contributed by atoms with Crippen LogP contribution in [0.4, 0.5) is 0 Å². The number of rotatable bonds is 4. The Labute approximate surface area is 108 Å². The van der Waals surface area contributed by atoms with E-state index >= 15 is 0 Å². The number of phenols is 1. The van der Waals surface area contributed by atoms with Gasteiger partial charge in [-0.2, -0.15) is 4.98 Å². The number of hydrogen-bond donors (Lipinski definition) is 2. The van der Waals surface area contributed by atoms with E-state index in [4.69, 9.17) is 11.6 Å². The summed E-state index contributed by atoms with van der Waals surface area (Å²) in [7, 11) is 0. The van der Waals surface area contributed by atoms with Crippen LogP contribution in [0.5, 0.6) is 5.75 Å². The molecule has 0 saturated carbocycles. The fraction of sp³-hybridized carbons (Fsp3) is 0.182. The molecule has 94 valence electrons. The number of nitrogens with zero attached hydrogens (tertiary/aromatic N) is 2. The lowest BCUT2D eigenvalue weighted by Crippen LogP contribution is -2.25. The highest BCUT2D eigenvalue weighted by Crippen LogP contribution is 2.23. The van der Waals surface area contributed by atoms with Crippen LogP contribution in [0.3, 0.4) is 0 Å². The summed E-state index contributed by atoms with van der Waals surface area (Å²) in [6.07, 6.45) is 1.71. The second-order valence-electron chi connectivity index (χ2n) is 3.52. The van der Waals surface area contributed by atoms with Gasteiger partial charge in [0.1, 0.15) is 5.75 Å². The molecule has 0 atom stereocenters. The van der Waals surface area contributed by atoms with E-state index in [-0.39, 0.29) is 16.7 Å². The van der Waals surface area contributed by atoms with Crippen molar-refractivity contribution in [2.45, 2.75) is 6.42 Å². The Balaban J connectivity index is 1.89. The van der Waals surface area contributed by atoms with Crippen LogP contribution < -0.4 is 5.32 Å². The lowest BCUT2D eigenvalue weighted by Gasteiger charge is -2.04. The second kappa shape index (κ2) is 5.50. The van der Waals surface area contributed by atoms with Gasteiger partial charge in [0.25, 0.3) is 5.91 Å². The summed E-state index contributed by atoms with van der Waals surface area (Å²) >= 11 is 5.71. The molecule has 0 saturated heterocycles. The van der Waals surface area contributed by atoms with Gasteiger partial charge < -0.3 is 14.9 Å². The lowest BCUT2D eigenvalue weighted by atomic mass is 10.2. The fourth-order valence-electron chi connectivity index (χ4n) is 1.34. The molecule has 1 amide bonds. The molecule has 1 aromatic carbocycles. The molecule has 0 aliphatic heterocycles. The van der Waals surface area contributed by atoms with E-state index in [0.29, 0.717) is 24.4 Å². The van der Waals surface area contributed by atoms with Gasteiger partial charge in [-0.1, -0.05) is 16.8 Å². The van der Waals surface area contributed by atoms with Gasteiger partial charge in [-0.05, 0) is 18.2 Å². The van der Waals surface area contributed by atoms with Gasteiger partial charge >= 0.3 is 0 Å². The smallest absolute Gasteiger partial charge is 0.251 e. The molecule has 2 aromatic rings. The minimum Gasteiger partial charge on any atom is -0.506 e. The number of halogens is 1. The summed E-state index contributed by atoms with van der Waals surface area (Å²) in [5.41, 5.74) is 0.380. The van der Waals surface area contributed by atoms with Crippen LogP contribution in [0.1, 0.15) is 16.2 Å². The molecule has 1 heterocycles. The predicted octanol–water partition coefficient (Wildman–Crippen LogP) is 1.40. The van der Waals surface area contributed by atoms with E-state index in [2.05, 4.69) is 20.0 Å². The van der Waals surface area contributed by atoms with Crippen molar-refractivity contribution >= 4 is 17.5 Å². The molecular formula is C11H10ClN3O3. The summed E-state index contributed by atoms with van der Waals surface area (Å²) in [5.74, 6) is 0.194. The highest BCUT2D eigenvalue weighted by molar-refractivity contribution is 6.32. The molecule has 0 fully saturated rings. The first-order valence-corrected chi connectivity index (χ1v) is 5.56. The molecular weight excluding hydrogens is 258 g/mol. The quantitative estimate of drug-likeness (QED) is 0.874. The molecule has 18 heavy (non-hydrogen) atoms. The zero-order valence-corrected chi connectivity index (χ0v) is 10.0. The van der Waals surface area contributed by atoms with Gasteiger partial charge in [-0.25, -0.2) is 0 Å². The Hall–Kier alpha value is -2.08. The topological polar surface area (TPSA) is 88.3 Å². The SMILES string of the molecule is O=C(NCCc1ncon1)c1ccc(O)c(Cl)c1. The van der Waals surface area contributed by atoms with Crippen LogP contribution in [0.25, 0.3) is 0 Å². The normalized spacial score (nSPS) is 10.3. The van der Waals surface area contributed by atoms with E-state index in [1.54, 1.807) is 0 Å². The molecule has 2 rings (SSSR count). The Kier molecular flexibility index (Phi) is 3.78. The second-order valence-corrected chi connectivity index (χ2v) is 3.93. The van der Waals surface area contributed by atoms with Crippen molar-refractivity contribution in [1.29, 1.82) is 0 Å². The van der Waals surface area contributed by atoms with E-state index in [9.17, 15) is 9.90 Å². The van der Waals surface area contributed by atoms with Crippen molar-refractivity contribution in [2.24, 2.45) is 0 Å². The molecule has 0 aliphatic rings. The number of aromatic hydroxyl groups is 1. The monoisotopic (exact) mass is 267 g/mol. The summed E-state index contributed by atoms with van der Waals surface area (Å²) in [6, 6.07) is 4.27. The summed E-state index contributed by atoms with van der Waals surface area (Å²) in [6.45, 7) is 0.386. The van der Waals surface area contributed by atoms with Crippen molar-refractivity contribution in [3.8, 4) is 5.75 Å². The molecule has 7 heteroatoms. The first-order chi connectivity index (χ1) is 8.66. The predicted molar refractivity (Wildman–Crippen MR) is 63.5 cm³/mol. The third-order valence-electron chi connectivity index (χ3n) is 2.25. The maximum Gasteiger partial charge on any atom is 0.251 e. The number of aromatic nitrogens is 2. The highest BCUT2D eigenvalue weighted by Gasteiger charge is 2.08. The van der Waals surface area contributed by atoms with Crippen LogP contribution in [0.2, 0.25) is 5.02 Å². The van der Waals surface area contributed by atoms with E-state index < -0.39 is 0 Å². The van der Waals surface area contributed by atoms with E-state index in [1.165, 1.54) is 24.6 Å². The van der Waals surface area contributed by atoms with Crippen molar-refractivity contribution in [1.82, 2.24) is 15.5 Å². The first kappa shape index (κ1) is 12.4. The van der Waals surface area contributed by atoms with Crippen LogP contribution in [0.15, 0.2) is 29.1 Å². The van der Waals surface area contributed by atoms with Gasteiger partial charge in [0, 0.05) is 18.5 Å². The van der Waals surface area contributed by atoms with Gasteiger partial charge in [-0.3, -0.25) is 4.79 Å². The average Bonchev–Trinajstić information content (AvgIpc) is 2.85. The molecule has 2 N–H and O–H groups in total. The maximum absolute atomic E-state index is 11.7. The molecule has 0 aliphatic carbocycles. The van der Waals surface area contributed by atoms with Crippen molar-refractivity contribution in [3.63, 3.8) is 0 Å². The van der Waals surface area contributed by atoms with Crippen molar-refractivity contribution < 1.29 is 14.4 Å². The zero-order chi connectivity index (χ0) is 13.0. The third-order valence-corrected chi connectivity index (χ3v) is 2.55. The van der Waals surface area contributed by atoms with Crippen LogP contribution in [-0.4, -0.2) is 27.7 Å². The first-order valence-electron chi connectivity index (χ1n) is 5.19. The molecule has 0 bridgehead atoms. The van der Waals surface area contributed by atoms with Gasteiger partial charge in [-0.15, -0.1) is 0 Å². The Bertz CT molecular complexity index is 542. The van der Waals surface area contributed by atoms with Crippen LogP contribution in [0, 0.1) is 0 Å². The Morgan fingerprint density at radius 1 is 1.50 bits per heavy atom. The minimum atomic E-state index is -0.277. The summed E-state index contributed by atoms with van der Waals surface area (Å²) in [4.78, 5) is 15.5. The number of amides is 1. The van der Waals surface area contributed by atoms with Crippen molar-refractivity contribution in [2.75, 3.05) is 6.54 Å². The Morgan fingerprint density at radius 2 is 2.33 bits per heavy atom. The van der Waals surface area contributed by atoms with Gasteiger partial charge in [0.05, 0.1) is 5.02 Å². The number of hydrogen-bond acceptors (Lipinski definition) is 5. The Morgan fingerprint density at radius 3 is 3.00 bits per heavy atom. The van der Waals surface area contributed by atoms with E-state index in [0.717, 1.165) is 0 Å². The average molecular weight is 268 g/mol. The largest absolute Gasteiger partial charge is 0.506 e. The van der Waals surface area contributed by atoms with Gasteiger partial charge in [0.15, 0.2) is 5.82 Å². The molecule has 6 nitrogen and oxygen atoms in total. The molecule has 0 spiro atoms. The number of carbonyl (C=O) groups excluding carboxylic acids is 1. The van der Waals surface area contributed by atoms with Gasteiger partial charge in [0.2, 0.25) is 6.39 Å². The number of carbonyl (C=O) groups is 1. The summed E-state index contributed by atoms with van der Waals surface area (Å²) in [5, 5.41) is 15.7. The molecule has 0 unspecified atom stereocenters. The molecule has 1 aromatic heterocycles. The highest BCUT2D eigenvalue weighted by atomic mass is 35.5. The fourth-order valence-corrected chi connectivity index (χ4v) is 1.52. The van der Waals surface area contributed by atoms with Crippen LogP contribution >= 0.6 is 11.6 Å². The van der Waals surface area contributed by atoms with E-state index in [1.807, 2.05) is 0 Å². The lowest BCUT2D eigenvalue weighted by molar-refractivity contribution is 0.0954. The number of nitrogens with one attached hydrogen (secondary N) is 1. The molecule has 0 radical (unpaired) electrons. The van der Waals surface area contributed by atoms with Crippen LogP contribution in [-0.2, 0) is 6.42 Å². The third kappa shape index (κ3) is 2.98. The minimum absolute atomic E-state index is 0.0555. The number of phenolic OH excluding ortho intramolecular Hbond substituents is 1. The maximum atomic E-state index is 11.7. The zero-order valence-electron chi connectivity index (χ0n) is 9.26. The summed E-state index contributed by atoms with van der Waals surface area (Å²) < 4.78 is 4.57. The van der Waals surface area contributed by atoms with Crippen molar-refractivity contribution in [3.05, 3.63) is 41.0 Å². The number of benzene rings is 1.